The summed E-state index contributed by atoms with van der Waals surface area (Å²) < 4.78 is 0. The van der Waals surface area contributed by atoms with Crippen molar-refractivity contribution in [1.82, 2.24) is 5.32 Å². The fraction of sp³-hybridized carbons (Fsp3) is 1.00. The molecule has 0 atom stereocenters. The Morgan fingerprint density at radius 3 is 2.33 bits per heavy atom. The average Bonchev–Trinajstić information content (AvgIpc) is 2.41. The quantitative estimate of drug-likeness (QED) is 0.646. The van der Waals surface area contributed by atoms with Gasteiger partial charge in [0.05, 0.1) is 0 Å². The molecule has 0 amide bonds. The number of hydrogen-bond acceptors (Lipinski definition) is 1. The van der Waals surface area contributed by atoms with E-state index in [1.54, 1.807) is 0 Å². The first-order chi connectivity index (χ1) is 3.79. The SMILES string of the molecule is CC(C)NCC1CC1.Cl. The maximum Gasteiger partial charge on any atom is 0.00104 e. The number of halogens is 1. The number of rotatable bonds is 3. The van der Waals surface area contributed by atoms with Gasteiger partial charge in [0.25, 0.3) is 0 Å². The van der Waals surface area contributed by atoms with Crippen LogP contribution in [0.25, 0.3) is 0 Å². The molecule has 0 aromatic rings. The van der Waals surface area contributed by atoms with Crippen LogP contribution in [0.15, 0.2) is 0 Å². The van der Waals surface area contributed by atoms with Crippen molar-refractivity contribution in [2.75, 3.05) is 6.54 Å². The van der Waals surface area contributed by atoms with Gasteiger partial charge in [0.1, 0.15) is 0 Å². The largest absolute Gasteiger partial charge is 0.314 e. The topological polar surface area (TPSA) is 12.0 Å². The summed E-state index contributed by atoms with van der Waals surface area (Å²) in [6, 6.07) is 0.676. The van der Waals surface area contributed by atoms with Gasteiger partial charge in [-0.25, -0.2) is 0 Å². The lowest BCUT2D eigenvalue weighted by atomic mass is 10.3. The Hall–Kier alpha value is 0.250. The van der Waals surface area contributed by atoms with Crippen LogP contribution in [-0.4, -0.2) is 12.6 Å². The van der Waals surface area contributed by atoms with Gasteiger partial charge >= 0.3 is 0 Å². The van der Waals surface area contributed by atoms with Gasteiger partial charge in [-0.1, -0.05) is 13.8 Å². The van der Waals surface area contributed by atoms with Crippen molar-refractivity contribution < 1.29 is 0 Å². The lowest BCUT2D eigenvalue weighted by Gasteiger charge is -2.04. The summed E-state index contributed by atoms with van der Waals surface area (Å²) in [4.78, 5) is 0. The van der Waals surface area contributed by atoms with Gasteiger partial charge in [-0.15, -0.1) is 12.4 Å². The van der Waals surface area contributed by atoms with Crippen molar-refractivity contribution in [3.05, 3.63) is 0 Å². The van der Waals surface area contributed by atoms with Crippen molar-refractivity contribution in [2.45, 2.75) is 32.7 Å². The summed E-state index contributed by atoms with van der Waals surface area (Å²) in [7, 11) is 0. The van der Waals surface area contributed by atoms with Crippen LogP contribution in [0.5, 0.6) is 0 Å². The number of hydrogen-bond donors (Lipinski definition) is 1. The van der Waals surface area contributed by atoms with E-state index in [-0.39, 0.29) is 12.4 Å². The third kappa shape index (κ3) is 4.73. The van der Waals surface area contributed by atoms with E-state index in [1.807, 2.05) is 0 Å². The van der Waals surface area contributed by atoms with E-state index in [4.69, 9.17) is 0 Å². The van der Waals surface area contributed by atoms with E-state index < -0.39 is 0 Å². The number of nitrogens with one attached hydrogen (secondary N) is 1. The standard InChI is InChI=1S/C7H15N.ClH/c1-6(2)8-5-7-3-4-7;/h6-8H,3-5H2,1-2H3;1H. The lowest BCUT2D eigenvalue weighted by Crippen LogP contribution is -2.24. The zero-order valence-corrected chi connectivity index (χ0v) is 7.00. The minimum atomic E-state index is 0. The van der Waals surface area contributed by atoms with E-state index >= 15 is 0 Å². The minimum absolute atomic E-state index is 0. The van der Waals surface area contributed by atoms with Gasteiger partial charge < -0.3 is 5.32 Å². The van der Waals surface area contributed by atoms with Gasteiger partial charge in [-0.3, -0.25) is 0 Å². The van der Waals surface area contributed by atoms with Crippen molar-refractivity contribution >= 4 is 12.4 Å². The first-order valence-corrected chi connectivity index (χ1v) is 3.52. The molecule has 0 spiro atoms. The van der Waals surface area contributed by atoms with Gasteiger partial charge in [0.15, 0.2) is 0 Å². The van der Waals surface area contributed by atoms with Gasteiger partial charge in [0.2, 0.25) is 0 Å². The zero-order chi connectivity index (χ0) is 5.98. The molecule has 9 heavy (non-hydrogen) atoms. The Labute approximate surface area is 63.6 Å². The molecule has 0 saturated heterocycles. The Kier molecular flexibility index (Phi) is 4.24. The first-order valence-electron chi connectivity index (χ1n) is 3.52. The summed E-state index contributed by atoms with van der Waals surface area (Å²) in [6.45, 7) is 5.64. The van der Waals surface area contributed by atoms with Crippen LogP contribution < -0.4 is 5.32 Å². The highest BCUT2D eigenvalue weighted by Crippen LogP contribution is 2.27. The maximum atomic E-state index is 3.41. The van der Waals surface area contributed by atoms with E-state index in [1.165, 1.54) is 19.4 Å². The molecule has 1 saturated carbocycles. The second kappa shape index (κ2) is 4.13. The van der Waals surface area contributed by atoms with Crippen molar-refractivity contribution in [2.24, 2.45) is 5.92 Å². The van der Waals surface area contributed by atoms with Crippen molar-refractivity contribution in [1.29, 1.82) is 0 Å². The third-order valence-electron chi connectivity index (χ3n) is 1.51. The molecule has 1 aliphatic rings. The molecule has 1 rings (SSSR count). The van der Waals surface area contributed by atoms with Crippen LogP contribution in [0, 0.1) is 5.92 Å². The van der Waals surface area contributed by atoms with E-state index in [0.29, 0.717) is 6.04 Å². The maximum absolute atomic E-state index is 3.41. The Balaban J connectivity index is 0.000000640. The highest BCUT2D eigenvalue weighted by molar-refractivity contribution is 5.85. The molecule has 1 N–H and O–H groups in total. The highest BCUT2D eigenvalue weighted by Gasteiger charge is 2.20. The van der Waals surface area contributed by atoms with E-state index in [2.05, 4.69) is 19.2 Å². The average molecular weight is 150 g/mol. The molecule has 0 bridgehead atoms. The first kappa shape index (κ1) is 9.25. The molecule has 0 aromatic heterocycles. The summed E-state index contributed by atoms with van der Waals surface area (Å²) in [6.07, 6.45) is 2.92. The normalized spacial score (nSPS) is 17.7. The summed E-state index contributed by atoms with van der Waals surface area (Å²) in [5.41, 5.74) is 0. The van der Waals surface area contributed by atoms with Gasteiger partial charge in [-0.05, 0) is 25.3 Å². The highest BCUT2D eigenvalue weighted by atomic mass is 35.5. The predicted octanol–water partition coefficient (Wildman–Crippen LogP) is 1.82. The Bertz CT molecular complexity index is 67.3. The minimum Gasteiger partial charge on any atom is -0.314 e. The summed E-state index contributed by atoms with van der Waals surface area (Å²) in [5.74, 6) is 1.03. The van der Waals surface area contributed by atoms with Crippen LogP contribution in [0.2, 0.25) is 0 Å². The second-order valence-corrected chi connectivity index (χ2v) is 3.01. The fourth-order valence-electron chi connectivity index (χ4n) is 0.724. The summed E-state index contributed by atoms with van der Waals surface area (Å²) >= 11 is 0. The van der Waals surface area contributed by atoms with Crippen molar-refractivity contribution in [3.8, 4) is 0 Å². The molecule has 1 fully saturated rings. The van der Waals surface area contributed by atoms with Gasteiger partial charge in [0, 0.05) is 6.04 Å². The Morgan fingerprint density at radius 2 is 2.00 bits per heavy atom. The van der Waals surface area contributed by atoms with Crippen molar-refractivity contribution in [3.63, 3.8) is 0 Å². The van der Waals surface area contributed by atoms with Crippen LogP contribution in [0.4, 0.5) is 0 Å². The van der Waals surface area contributed by atoms with Crippen LogP contribution in [0.1, 0.15) is 26.7 Å². The van der Waals surface area contributed by atoms with Crippen LogP contribution in [-0.2, 0) is 0 Å². The van der Waals surface area contributed by atoms with Crippen LogP contribution in [0.3, 0.4) is 0 Å². The van der Waals surface area contributed by atoms with Gasteiger partial charge in [-0.2, -0.15) is 0 Å². The zero-order valence-electron chi connectivity index (χ0n) is 6.18. The van der Waals surface area contributed by atoms with E-state index in [0.717, 1.165) is 5.92 Å². The third-order valence-corrected chi connectivity index (χ3v) is 1.51. The molecule has 0 radical (unpaired) electrons. The monoisotopic (exact) mass is 149 g/mol. The molecular formula is C7H16ClN. The molecule has 0 heterocycles. The second-order valence-electron chi connectivity index (χ2n) is 3.01. The molecule has 1 aliphatic carbocycles. The summed E-state index contributed by atoms with van der Waals surface area (Å²) in [5, 5.41) is 3.41. The molecule has 0 aromatic carbocycles. The molecule has 2 heteroatoms. The Morgan fingerprint density at radius 1 is 1.44 bits per heavy atom. The van der Waals surface area contributed by atoms with Crippen LogP contribution >= 0.6 is 12.4 Å². The molecule has 0 aliphatic heterocycles. The molecule has 0 unspecified atom stereocenters. The smallest absolute Gasteiger partial charge is 0.00104 e. The predicted molar refractivity (Wildman–Crippen MR) is 43.1 cm³/mol. The lowest BCUT2D eigenvalue weighted by molar-refractivity contribution is 0.561. The fourth-order valence-corrected chi connectivity index (χ4v) is 0.724. The molecule has 56 valence electrons. The molecular weight excluding hydrogens is 134 g/mol. The van der Waals surface area contributed by atoms with E-state index in [9.17, 15) is 0 Å². The molecule has 1 nitrogen and oxygen atoms in total.